The maximum atomic E-state index is 5.96. The summed E-state index contributed by atoms with van der Waals surface area (Å²) in [7, 11) is 0. The summed E-state index contributed by atoms with van der Waals surface area (Å²) in [6, 6.07) is 9.85. The van der Waals surface area contributed by atoms with Crippen molar-refractivity contribution in [2.24, 2.45) is 0 Å². The average molecular weight is 308 g/mol. The molecule has 0 bridgehead atoms. The summed E-state index contributed by atoms with van der Waals surface area (Å²) in [5, 5.41) is 4.37. The summed E-state index contributed by atoms with van der Waals surface area (Å²) < 4.78 is 5.87. The smallest absolute Gasteiger partial charge is 0.190 e. The number of halogens is 1. The molecule has 0 saturated heterocycles. The van der Waals surface area contributed by atoms with Gasteiger partial charge in [0.1, 0.15) is 22.8 Å². The molecule has 0 saturated carbocycles. The Morgan fingerprint density at radius 3 is 3.05 bits per heavy atom. The van der Waals surface area contributed by atoms with E-state index in [1.807, 2.05) is 24.5 Å². The minimum atomic E-state index is 0.124. The van der Waals surface area contributed by atoms with Crippen molar-refractivity contribution in [3.63, 3.8) is 0 Å². The van der Waals surface area contributed by atoms with Crippen molar-refractivity contribution < 1.29 is 4.74 Å². The normalized spacial score (nSPS) is 16.6. The van der Waals surface area contributed by atoms with Gasteiger partial charge in [-0.25, -0.2) is 9.97 Å². The highest BCUT2D eigenvalue weighted by Crippen LogP contribution is 2.28. The SMILES string of the molecule is CSc1nc(Cl)cc(NCC2Cc3ccccc3O2)n1. The van der Waals surface area contributed by atoms with E-state index in [1.54, 1.807) is 6.07 Å². The van der Waals surface area contributed by atoms with Crippen LogP contribution in [0, 0.1) is 0 Å². The van der Waals surface area contributed by atoms with E-state index in [1.165, 1.54) is 17.3 Å². The second-order valence-corrected chi connectivity index (χ2v) is 5.66. The number of aromatic nitrogens is 2. The third-order valence-electron chi connectivity index (χ3n) is 3.08. The van der Waals surface area contributed by atoms with E-state index < -0.39 is 0 Å². The van der Waals surface area contributed by atoms with Gasteiger partial charge in [0, 0.05) is 12.5 Å². The van der Waals surface area contributed by atoms with Crippen molar-refractivity contribution in [3.8, 4) is 5.75 Å². The van der Waals surface area contributed by atoms with Crippen LogP contribution in [-0.2, 0) is 6.42 Å². The van der Waals surface area contributed by atoms with Crippen LogP contribution in [0.3, 0.4) is 0 Å². The zero-order valence-corrected chi connectivity index (χ0v) is 12.5. The van der Waals surface area contributed by atoms with Gasteiger partial charge in [0.2, 0.25) is 0 Å². The summed E-state index contributed by atoms with van der Waals surface area (Å²) in [5.41, 5.74) is 1.25. The Hall–Kier alpha value is -1.46. The number of anilines is 1. The monoisotopic (exact) mass is 307 g/mol. The Morgan fingerprint density at radius 2 is 2.25 bits per heavy atom. The maximum absolute atomic E-state index is 5.96. The van der Waals surface area contributed by atoms with E-state index in [2.05, 4.69) is 21.4 Å². The first-order valence-corrected chi connectivity index (χ1v) is 7.92. The number of hydrogen-bond donors (Lipinski definition) is 1. The van der Waals surface area contributed by atoms with E-state index in [0.717, 1.165) is 18.0 Å². The molecule has 0 amide bonds. The van der Waals surface area contributed by atoms with Gasteiger partial charge in [0.05, 0.1) is 6.54 Å². The van der Waals surface area contributed by atoms with Crippen LogP contribution in [0.2, 0.25) is 5.15 Å². The van der Waals surface area contributed by atoms with Crippen LogP contribution < -0.4 is 10.1 Å². The van der Waals surface area contributed by atoms with Crippen molar-refractivity contribution in [2.75, 3.05) is 18.1 Å². The highest BCUT2D eigenvalue weighted by molar-refractivity contribution is 7.98. The van der Waals surface area contributed by atoms with Crippen LogP contribution in [0.1, 0.15) is 5.56 Å². The zero-order valence-electron chi connectivity index (χ0n) is 11.0. The fraction of sp³-hybridized carbons (Fsp3) is 0.286. The van der Waals surface area contributed by atoms with E-state index in [4.69, 9.17) is 16.3 Å². The van der Waals surface area contributed by atoms with Crippen molar-refractivity contribution in [1.29, 1.82) is 0 Å². The predicted molar refractivity (Wildman–Crippen MR) is 81.9 cm³/mol. The lowest BCUT2D eigenvalue weighted by atomic mass is 10.1. The lowest BCUT2D eigenvalue weighted by Gasteiger charge is -2.12. The van der Waals surface area contributed by atoms with Crippen LogP contribution in [0.5, 0.6) is 5.75 Å². The van der Waals surface area contributed by atoms with Crippen LogP contribution in [0.4, 0.5) is 5.82 Å². The van der Waals surface area contributed by atoms with E-state index in [-0.39, 0.29) is 6.10 Å². The summed E-state index contributed by atoms with van der Waals surface area (Å²) in [4.78, 5) is 8.47. The molecular weight excluding hydrogens is 294 g/mol. The Labute approximate surface area is 126 Å². The van der Waals surface area contributed by atoms with Gasteiger partial charge >= 0.3 is 0 Å². The minimum absolute atomic E-state index is 0.124. The molecule has 104 valence electrons. The highest BCUT2D eigenvalue weighted by Gasteiger charge is 2.22. The molecule has 1 atom stereocenters. The highest BCUT2D eigenvalue weighted by atomic mass is 35.5. The van der Waals surface area contributed by atoms with Gasteiger partial charge in [-0.2, -0.15) is 0 Å². The topological polar surface area (TPSA) is 47.0 Å². The van der Waals surface area contributed by atoms with Crippen molar-refractivity contribution >= 4 is 29.2 Å². The molecule has 1 unspecified atom stereocenters. The van der Waals surface area contributed by atoms with E-state index in [9.17, 15) is 0 Å². The first kappa shape index (κ1) is 13.5. The van der Waals surface area contributed by atoms with Crippen LogP contribution in [-0.4, -0.2) is 28.9 Å². The molecule has 2 heterocycles. The van der Waals surface area contributed by atoms with Gasteiger partial charge in [-0.05, 0) is 17.9 Å². The van der Waals surface area contributed by atoms with Crippen molar-refractivity contribution in [3.05, 3.63) is 41.0 Å². The molecule has 0 fully saturated rings. The Bertz CT molecular complexity index is 598. The number of ether oxygens (including phenoxy) is 1. The average Bonchev–Trinajstić information content (AvgIpc) is 2.87. The Balaban J connectivity index is 1.63. The van der Waals surface area contributed by atoms with Crippen LogP contribution >= 0.6 is 23.4 Å². The number of nitrogens with one attached hydrogen (secondary N) is 1. The molecule has 2 aromatic rings. The first-order chi connectivity index (χ1) is 9.74. The molecule has 0 spiro atoms. The molecule has 6 heteroatoms. The Kier molecular flexibility index (Phi) is 3.98. The first-order valence-electron chi connectivity index (χ1n) is 6.31. The van der Waals surface area contributed by atoms with Gasteiger partial charge in [-0.1, -0.05) is 41.6 Å². The van der Waals surface area contributed by atoms with E-state index >= 15 is 0 Å². The second-order valence-electron chi connectivity index (χ2n) is 4.50. The summed E-state index contributed by atoms with van der Waals surface area (Å²) in [6.07, 6.45) is 2.96. The lowest BCUT2D eigenvalue weighted by molar-refractivity contribution is 0.246. The number of hydrogen-bond acceptors (Lipinski definition) is 5. The van der Waals surface area contributed by atoms with E-state index in [0.29, 0.717) is 16.9 Å². The summed E-state index contributed by atoms with van der Waals surface area (Å²) in [6.45, 7) is 0.690. The van der Waals surface area contributed by atoms with Gasteiger partial charge in [-0.15, -0.1) is 0 Å². The van der Waals surface area contributed by atoms with Crippen molar-refractivity contribution in [2.45, 2.75) is 17.7 Å². The third kappa shape index (κ3) is 2.99. The van der Waals surface area contributed by atoms with Gasteiger partial charge in [-0.3, -0.25) is 0 Å². The zero-order chi connectivity index (χ0) is 13.9. The molecule has 1 N–H and O–H groups in total. The summed E-state index contributed by atoms with van der Waals surface area (Å²) >= 11 is 7.43. The molecular formula is C14H14ClN3OS. The van der Waals surface area contributed by atoms with Crippen LogP contribution in [0.25, 0.3) is 0 Å². The second kappa shape index (κ2) is 5.89. The molecule has 1 aliphatic rings. The predicted octanol–water partition coefficient (Wildman–Crippen LogP) is 3.27. The Morgan fingerprint density at radius 1 is 1.40 bits per heavy atom. The number of benzene rings is 1. The lowest BCUT2D eigenvalue weighted by Crippen LogP contribution is -2.24. The number of rotatable bonds is 4. The molecule has 1 aliphatic heterocycles. The minimum Gasteiger partial charge on any atom is -0.488 e. The van der Waals surface area contributed by atoms with Crippen molar-refractivity contribution in [1.82, 2.24) is 9.97 Å². The largest absolute Gasteiger partial charge is 0.488 e. The molecule has 4 nitrogen and oxygen atoms in total. The number of thioether (sulfide) groups is 1. The molecule has 20 heavy (non-hydrogen) atoms. The molecule has 0 radical (unpaired) electrons. The number of para-hydroxylation sites is 1. The molecule has 1 aromatic carbocycles. The molecule has 0 aliphatic carbocycles. The quantitative estimate of drug-likeness (QED) is 0.534. The molecule has 3 rings (SSSR count). The standard InChI is InChI=1S/C14H14ClN3OS/c1-20-14-17-12(15)7-13(18-14)16-8-10-6-9-4-2-3-5-11(9)19-10/h2-5,7,10H,6,8H2,1H3,(H,16,17,18). The van der Waals surface area contributed by atoms with Gasteiger partial charge in [0.15, 0.2) is 5.16 Å². The number of fused-ring (bicyclic) bond motifs is 1. The van der Waals surface area contributed by atoms with Gasteiger partial charge < -0.3 is 10.1 Å². The number of nitrogens with zero attached hydrogens (tertiary/aromatic N) is 2. The third-order valence-corrected chi connectivity index (χ3v) is 3.82. The fourth-order valence-electron chi connectivity index (χ4n) is 2.16. The summed E-state index contributed by atoms with van der Waals surface area (Å²) in [5.74, 6) is 1.71. The molecule has 1 aromatic heterocycles. The van der Waals surface area contributed by atoms with Crippen LogP contribution in [0.15, 0.2) is 35.5 Å². The maximum Gasteiger partial charge on any atom is 0.190 e. The van der Waals surface area contributed by atoms with Gasteiger partial charge in [0.25, 0.3) is 0 Å². The fourth-order valence-corrected chi connectivity index (χ4v) is 2.78.